The van der Waals surface area contributed by atoms with Crippen LogP contribution in [-0.2, 0) is 0 Å². The molecule has 2 atom stereocenters. The number of anilines is 1. The summed E-state index contributed by atoms with van der Waals surface area (Å²) in [6.45, 7) is 0. The Morgan fingerprint density at radius 1 is 1.29 bits per heavy atom. The normalized spacial score (nSPS) is 24.3. The quantitative estimate of drug-likeness (QED) is 0.675. The lowest BCUT2D eigenvalue weighted by Crippen LogP contribution is -2.39. The highest BCUT2D eigenvalue weighted by Gasteiger charge is 2.21. The molecule has 2 unspecified atom stereocenters. The molecule has 0 spiro atoms. The van der Waals surface area contributed by atoms with Gasteiger partial charge < -0.3 is 16.2 Å². The summed E-state index contributed by atoms with van der Waals surface area (Å²) >= 11 is 0. The molecule has 4 N–H and O–H groups in total. The van der Waals surface area contributed by atoms with Crippen molar-refractivity contribution in [2.24, 2.45) is 0 Å². The van der Waals surface area contributed by atoms with Gasteiger partial charge in [-0.05, 0) is 49.9 Å². The van der Waals surface area contributed by atoms with Crippen LogP contribution in [0, 0.1) is 0 Å². The Kier molecular flexibility index (Phi) is 3.64. The number of hydrogen-bond acceptors (Lipinski definition) is 3. The molecule has 1 fully saturated rings. The maximum absolute atomic E-state index is 11.9. The zero-order valence-electron chi connectivity index (χ0n) is 9.73. The van der Waals surface area contributed by atoms with Gasteiger partial charge in [-0.25, -0.2) is 0 Å². The van der Waals surface area contributed by atoms with Gasteiger partial charge in [-0.2, -0.15) is 0 Å². The third-order valence-electron chi connectivity index (χ3n) is 3.15. The molecule has 0 radical (unpaired) electrons. The minimum Gasteiger partial charge on any atom is -0.399 e. The van der Waals surface area contributed by atoms with Crippen molar-refractivity contribution in [1.29, 1.82) is 0 Å². The molecule has 0 heterocycles. The van der Waals surface area contributed by atoms with Gasteiger partial charge in [0.2, 0.25) is 0 Å². The molecule has 1 aromatic carbocycles. The largest absolute Gasteiger partial charge is 0.399 e. The molecule has 1 aliphatic rings. The smallest absolute Gasteiger partial charge is 0.251 e. The van der Waals surface area contributed by atoms with E-state index < -0.39 is 0 Å². The van der Waals surface area contributed by atoms with Crippen molar-refractivity contribution in [1.82, 2.24) is 5.32 Å². The van der Waals surface area contributed by atoms with Crippen molar-refractivity contribution < 1.29 is 9.90 Å². The second kappa shape index (κ2) is 5.19. The molecule has 1 saturated carbocycles. The van der Waals surface area contributed by atoms with E-state index in [1.165, 1.54) is 0 Å². The van der Waals surface area contributed by atoms with Gasteiger partial charge in [0.1, 0.15) is 0 Å². The number of benzene rings is 1. The summed E-state index contributed by atoms with van der Waals surface area (Å²) in [5.41, 5.74) is 6.82. The average molecular weight is 234 g/mol. The standard InChI is InChI=1S/C13H18N2O2/c14-10-6-4-9(5-7-10)13(17)15-11-2-1-3-12(16)8-11/h4-7,11-12,16H,1-3,8,14H2,(H,15,17). The van der Waals surface area contributed by atoms with Crippen molar-refractivity contribution in [3.63, 3.8) is 0 Å². The van der Waals surface area contributed by atoms with E-state index in [9.17, 15) is 9.90 Å². The summed E-state index contributed by atoms with van der Waals surface area (Å²) < 4.78 is 0. The van der Waals surface area contributed by atoms with E-state index in [-0.39, 0.29) is 18.1 Å². The molecular formula is C13H18N2O2. The first kappa shape index (κ1) is 11.9. The maximum Gasteiger partial charge on any atom is 0.251 e. The van der Waals surface area contributed by atoms with E-state index in [1.807, 2.05) is 0 Å². The van der Waals surface area contributed by atoms with Gasteiger partial charge in [0.05, 0.1) is 6.10 Å². The SMILES string of the molecule is Nc1ccc(C(=O)NC2CCCC(O)C2)cc1. The lowest BCUT2D eigenvalue weighted by molar-refractivity contribution is 0.0850. The number of carbonyl (C=O) groups is 1. The Hall–Kier alpha value is -1.55. The summed E-state index contributed by atoms with van der Waals surface area (Å²) in [6.07, 6.45) is 3.13. The minimum atomic E-state index is -0.277. The molecule has 92 valence electrons. The Morgan fingerprint density at radius 3 is 2.65 bits per heavy atom. The van der Waals surface area contributed by atoms with Crippen LogP contribution in [0.15, 0.2) is 24.3 Å². The molecule has 4 nitrogen and oxygen atoms in total. The molecule has 1 aromatic rings. The van der Waals surface area contributed by atoms with E-state index in [4.69, 9.17) is 5.73 Å². The zero-order chi connectivity index (χ0) is 12.3. The van der Waals surface area contributed by atoms with Crippen molar-refractivity contribution in [3.05, 3.63) is 29.8 Å². The molecule has 1 aliphatic carbocycles. The summed E-state index contributed by atoms with van der Waals surface area (Å²) in [5, 5.41) is 12.5. The van der Waals surface area contributed by atoms with E-state index in [0.29, 0.717) is 17.7 Å². The Balaban J connectivity index is 1.94. The number of amides is 1. The highest BCUT2D eigenvalue weighted by molar-refractivity contribution is 5.94. The van der Waals surface area contributed by atoms with Crippen LogP contribution < -0.4 is 11.1 Å². The topological polar surface area (TPSA) is 75.4 Å². The number of aliphatic hydroxyl groups excluding tert-OH is 1. The monoisotopic (exact) mass is 234 g/mol. The van der Waals surface area contributed by atoms with E-state index in [0.717, 1.165) is 19.3 Å². The maximum atomic E-state index is 11.9. The van der Waals surface area contributed by atoms with Crippen LogP contribution in [0.3, 0.4) is 0 Å². The molecule has 4 heteroatoms. The van der Waals surface area contributed by atoms with Gasteiger partial charge in [0.25, 0.3) is 5.91 Å². The number of hydrogen-bond donors (Lipinski definition) is 3. The van der Waals surface area contributed by atoms with Gasteiger partial charge in [-0.1, -0.05) is 0 Å². The molecule has 17 heavy (non-hydrogen) atoms. The molecular weight excluding hydrogens is 216 g/mol. The highest BCUT2D eigenvalue weighted by atomic mass is 16.3. The van der Waals surface area contributed by atoms with Crippen LogP contribution in [-0.4, -0.2) is 23.2 Å². The van der Waals surface area contributed by atoms with Gasteiger partial charge in [0, 0.05) is 17.3 Å². The Morgan fingerprint density at radius 2 is 2.00 bits per heavy atom. The van der Waals surface area contributed by atoms with Crippen molar-refractivity contribution in [2.45, 2.75) is 37.8 Å². The lowest BCUT2D eigenvalue weighted by Gasteiger charge is -2.26. The van der Waals surface area contributed by atoms with E-state index in [2.05, 4.69) is 5.32 Å². The number of nitrogen functional groups attached to an aromatic ring is 1. The number of rotatable bonds is 2. The second-order valence-electron chi connectivity index (χ2n) is 4.61. The van der Waals surface area contributed by atoms with Gasteiger partial charge in [0.15, 0.2) is 0 Å². The van der Waals surface area contributed by atoms with E-state index >= 15 is 0 Å². The molecule has 0 saturated heterocycles. The number of nitrogens with one attached hydrogen (secondary N) is 1. The van der Waals surface area contributed by atoms with Crippen molar-refractivity contribution in [3.8, 4) is 0 Å². The molecule has 0 bridgehead atoms. The van der Waals surface area contributed by atoms with Gasteiger partial charge in [-0.3, -0.25) is 4.79 Å². The Bertz CT molecular complexity index is 389. The summed E-state index contributed by atoms with van der Waals surface area (Å²) in [4.78, 5) is 11.9. The number of carbonyl (C=O) groups excluding carboxylic acids is 1. The van der Waals surface area contributed by atoms with Gasteiger partial charge >= 0.3 is 0 Å². The van der Waals surface area contributed by atoms with Crippen LogP contribution in [0.2, 0.25) is 0 Å². The molecule has 2 rings (SSSR count). The summed E-state index contributed by atoms with van der Waals surface area (Å²) in [6, 6.07) is 6.94. The average Bonchev–Trinajstić information content (AvgIpc) is 2.29. The van der Waals surface area contributed by atoms with E-state index in [1.54, 1.807) is 24.3 Å². The highest BCUT2D eigenvalue weighted by Crippen LogP contribution is 2.18. The first-order chi connectivity index (χ1) is 8.15. The zero-order valence-corrected chi connectivity index (χ0v) is 9.73. The minimum absolute atomic E-state index is 0.0869. The van der Waals surface area contributed by atoms with Gasteiger partial charge in [-0.15, -0.1) is 0 Å². The molecule has 0 aromatic heterocycles. The van der Waals surface area contributed by atoms with Crippen LogP contribution >= 0.6 is 0 Å². The summed E-state index contributed by atoms with van der Waals surface area (Å²) in [7, 11) is 0. The fourth-order valence-electron chi connectivity index (χ4n) is 2.20. The predicted octanol–water partition coefficient (Wildman–Crippen LogP) is 1.30. The fourth-order valence-corrected chi connectivity index (χ4v) is 2.20. The predicted molar refractivity (Wildman–Crippen MR) is 66.6 cm³/mol. The Labute approximate surface area is 101 Å². The summed E-state index contributed by atoms with van der Waals surface area (Å²) in [5.74, 6) is -0.0934. The van der Waals surface area contributed by atoms with Crippen molar-refractivity contribution in [2.75, 3.05) is 5.73 Å². The first-order valence-electron chi connectivity index (χ1n) is 5.99. The lowest BCUT2D eigenvalue weighted by atomic mass is 9.93. The van der Waals surface area contributed by atoms with Crippen LogP contribution in [0.25, 0.3) is 0 Å². The number of nitrogens with two attached hydrogens (primary N) is 1. The molecule has 1 amide bonds. The molecule has 0 aliphatic heterocycles. The first-order valence-corrected chi connectivity index (χ1v) is 5.99. The van der Waals surface area contributed by atoms with Crippen molar-refractivity contribution >= 4 is 11.6 Å². The number of aliphatic hydroxyl groups is 1. The van der Waals surface area contributed by atoms with Crippen LogP contribution in [0.5, 0.6) is 0 Å². The van der Waals surface area contributed by atoms with Crippen LogP contribution in [0.4, 0.5) is 5.69 Å². The second-order valence-corrected chi connectivity index (χ2v) is 4.61. The van der Waals surface area contributed by atoms with Crippen LogP contribution in [0.1, 0.15) is 36.0 Å². The third-order valence-corrected chi connectivity index (χ3v) is 3.15. The fraction of sp³-hybridized carbons (Fsp3) is 0.462. The third kappa shape index (κ3) is 3.20.